The monoisotopic (exact) mass is 379 g/mol. The fraction of sp³-hybridized carbons (Fsp3) is 0.0526. The number of hydrogen-bond acceptors (Lipinski definition) is 5. The third-order valence-electron chi connectivity index (χ3n) is 4.01. The number of tetrazole rings is 1. The molecule has 1 amide bonds. The van der Waals surface area contributed by atoms with Gasteiger partial charge in [-0.2, -0.15) is 0 Å². The smallest absolute Gasteiger partial charge is 0.259 e. The van der Waals surface area contributed by atoms with Gasteiger partial charge in [0, 0.05) is 16.3 Å². The van der Waals surface area contributed by atoms with Crippen LogP contribution in [0.2, 0.25) is 5.02 Å². The first-order valence-electron chi connectivity index (χ1n) is 8.11. The maximum absolute atomic E-state index is 12.7. The molecule has 0 aliphatic carbocycles. The van der Waals surface area contributed by atoms with Crippen molar-refractivity contribution < 1.29 is 9.21 Å². The van der Waals surface area contributed by atoms with Gasteiger partial charge in [0.15, 0.2) is 0 Å². The van der Waals surface area contributed by atoms with Crippen molar-refractivity contribution in [1.29, 1.82) is 0 Å². The van der Waals surface area contributed by atoms with E-state index in [0.717, 1.165) is 11.3 Å². The van der Waals surface area contributed by atoms with Gasteiger partial charge >= 0.3 is 0 Å². The first-order valence-corrected chi connectivity index (χ1v) is 8.49. The predicted octanol–water partition coefficient (Wildman–Crippen LogP) is 4.14. The lowest BCUT2D eigenvalue weighted by Gasteiger charge is -2.06. The molecule has 134 valence electrons. The summed E-state index contributed by atoms with van der Waals surface area (Å²) in [4.78, 5) is 12.7. The van der Waals surface area contributed by atoms with Crippen LogP contribution in [0.4, 0.5) is 5.69 Å². The fourth-order valence-corrected chi connectivity index (χ4v) is 2.79. The molecule has 0 unspecified atom stereocenters. The molecule has 27 heavy (non-hydrogen) atoms. The van der Waals surface area contributed by atoms with E-state index >= 15 is 0 Å². The number of furan rings is 1. The molecule has 0 bridgehead atoms. The molecule has 0 fully saturated rings. The molecule has 0 aliphatic rings. The van der Waals surface area contributed by atoms with Crippen LogP contribution >= 0.6 is 11.6 Å². The number of carbonyl (C=O) groups is 1. The van der Waals surface area contributed by atoms with Crippen molar-refractivity contribution >= 4 is 23.2 Å². The molecule has 0 radical (unpaired) electrons. The fourth-order valence-electron chi connectivity index (χ4n) is 2.67. The minimum absolute atomic E-state index is 0.259. The van der Waals surface area contributed by atoms with Crippen LogP contribution in [0.3, 0.4) is 0 Å². The number of amides is 1. The Bertz CT molecular complexity index is 1090. The molecule has 2 aromatic heterocycles. The zero-order valence-corrected chi connectivity index (χ0v) is 15.0. The largest absolute Gasteiger partial charge is 0.461 e. The lowest BCUT2D eigenvalue weighted by atomic mass is 10.1. The average molecular weight is 380 g/mol. The van der Waals surface area contributed by atoms with Crippen molar-refractivity contribution in [3.8, 4) is 17.0 Å². The number of nitrogens with zero attached hydrogens (tertiary/aromatic N) is 4. The number of hydrogen-bond donors (Lipinski definition) is 1. The van der Waals surface area contributed by atoms with Crippen LogP contribution in [0, 0.1) is 6.92 Å². The molecule has 2 aromatic carbocycles. The van der Waals surface area contributed by atoms with Crippen molar-refractivity contribution in [3.05, 3.63) is 77.3 Å². The highest BCUT2D eigenvalue weighted by Crippen LogP contribution is 2.27. The van der Waals surface area contributed by atoms with E-state index in [1.165, 1.54) is 11.0 Å². The third-order valence-corrected chi connectivity index (χ3v) is 4.26. The van der Waals surface area contributed by atoms with Gasteiger partial charge in [0.2, 0.25) is 0 Å². The topological polar surface area (TPSA) is 85.8 Å². The SMILES string of the molecule is Cc1oc(-c2ccc(Cl)cc2)cc1C(=O)Nc1cccc(-n2cnnn2)c1. The van der Waals surface area contributed by atoms with E-state index in [4.69, 9.17) is 16.0 Å². The number of carbonyl (C=O) groups excluding carboxylic acids is 1. The standard InChI is InChI=1S/C19H14ClN5O2/c1-12-17(10-18(27-12)13-5-7-14(20)8-6-13)19(26)22-15-3-2-4-16(9-15)25-11-21-23-24-25/h2-11H,1H3,(H,22,26). The quantitative estimate of drug-likeness (QED) is 0.576. The van der Waals surface area contributed by atoms with E-state index in [1.807, 2.05) is 24.3 Å². The van der Waals surface area contributed by atoms with Crippen molar-refractivity contribution in [1.82, 2.24) is 20.2 Å². The summed E-state index contributed by atoms with van der Waals surface area (Å²) in [5.74, 6) is 0.885. The highest BCUT2D eigenvalue weighted by Gasteiger charge is 2.16. The van der Waals surface area contributed by atoms with Crippen molar-refractivity contribution in [2.45, 2.75) is 6.92 Å². The number of aryl methyl sites for hydroxylation is 1. The molecule has 1 N–H and O–H groups in total. The summed E-state index contributed by atoms with van der Waals surface area (Å²) in [5.41, 5.74) is 2.68. The molecular formula is C19H14ClN5O2. The normalized spacial score (nSPS) is 10.7. The van der Waals surface area contributed by atoms with E-state index in [2.05, 4.69) is 20.8 Å². The van der Waals surface area contributed by atoms with Gasteiger partial charge in [-0.15, -0.1) is 5.10 Å². The zero-order valence-electron chi connectivity index (χ0n) is 14.3. The lowest BCUT2D eigenvalue weighted by molar-refractivity contribution is 0.102. The summed E-state index contributed by atoms with van der Waals surface area (Å²) in [6, 6.07) is 16.2. The van der Waals surface area contributed by atoms with Crippen LogP contribution in [-0.2, 0) is 0 Å². The van der Waals surface area contributed by atoms with Crippen LogP contribution in [0.1, 0.15) is 16.1 Å². The molecule has 7 nitrogen and oxygen atoms in total. The number of rotatable bonds is 4. The molecular weight excluding hydrogens is 366 g/mol. The van der Waals surface area contributed by atoms with E-state index < -0.39 is 0 Å². The Morgan fingerprint density at radius 3 is 2.70 bits per heavy atom. The number of anilines is 1. The number of halogens is 1. The Labute approximate surface area is 159 Å². The molecule has 0 aliphatic heterocycles. The summed E-state index contributed by atoms with van der Waals surface area (Å²) < 4.78 is 7.26. The predicted molar refractivity (Wildman–Crippen MR) is 101 cm³/mol. The molecule has 2 heterocycles. The van der Waals surface area contributed by atoms with Gasteiger partial charge in [-0.3, -0.25) is 4.79 Å². The highest BCUT2D eigenvalue weighted by atomic mass is 35.5. The maximum Gasteiger partial charge on any atom is 0.259 e. The molecule has 4 aromatic rings. The number of nitrogens with one attached hydrogen (secondary N) is 1. The number of aromatic nitrogens is 4. The second-order valence-corrected chi connectivity index (χ2v) is 6.28. The van der Waals surface area contributed by atoms with Crippen LogP contribution in [0.25, 0.3) is 17.0 Å². The zero-order chi connectivity index (χ0) is 18.8. The van der Waals surface area contributed by atoms with Crippen molar-refractivity contribution in [2.24, 2.45) is 0 Å². The van der Waals surface area contributed by atoms with Gasteiger partial charge in [-0.1, -0.05) is 17.7 Å². The molecule has 8 heteroatoms. The Hall–Kier alpha value is -3.45. The first kappa shape index (κ1) is 17.0. The minimum atomic E-state index is -0.259. The Morgan fingerprint density at radius 2 is 1.96 bits per heavy atom. The van der Waals surface area contributed by atoms with Crippen LogP contribution < -0.4 is 5.32 Å². The van der Waals surface area contributed by atoms with Crippen molar-refractivity contribution in [3.63, 3.8) is 0 Å². The first-order chi connectivity index (χ1) is 13.1. The van der Waals surface area contributed by atoms with E-state index in [-0.39, 0.29) is 5.91 Å². The summed E-state index contributed by atoms with van der Waals surface area (Å²) in [7, 11) is 0. The Balaban J connectivity index is 1.57. The molecule has 0 saturated carbocycles. The van der Waals surface area contributed by atoms with Crippen LogP contribution in [0.5, 0.6) is 0 Å². The minimum Gasteiger partial charge on any atom is -0.461 e. The average Bonchev–Trinajstić information content (AvgIpc) is 3.32. The Kier molecular flexibility index (Phi) is 4.43. The van der Waals surface area contributed by atoms with Gasteiger partial charge < -0.3 is 9.73 Å². The third kappa shape index (κ3) is 3.58. The summed E-state index contributed by atoms with van der Waals surface area (Å²) >= 11 is 5.92. The van der Waals surface area contributed by atoms with Crippen LogP contribution in [0.15, 0.2) is 65.3 Å². The molecule has 0 atom stereocenters. The van der Waals surface area contributed by atoms with E-state index in [1.54, 1.807) is 37.3 Å². The van der Waals surface area contributed by atoms with Crippen LogP contribution in [-0.4, -0.2) is 26.1 Å². The summed E-state index contributed by atoms with van der Waals surface area (Å²) in [6.45, 7) is 1.76. The molecule has 0 saturated heterocycles. The van der Waals surface area contributed by atoms with Gasteiger partial charge in [-0.05, 0) is 65.9 Å². The lowest BCUT2D eigenvalue weighted by Crippen LogP contribution is -2.12. The number of benzene rings is 2. The van der Waals surface area contributed by atoms with E-state index in [9.17, 15) is 4.79 Å². The van der Waals surface area contributed by atoms with Gasteiger partial charge in [-0.25, -0.2) is 4.68 Å². The molecule has 0 spiro atoms. The van der Waals surface area contributed by atoms with Gasteiger partial charge in [0.05, 0.1) is 11.3 Å². The molecule has 4 rings (SSSR count). The second kappa shape index (κ2) is 7.05. The van der Waals surface area contributed by atoms with Crippen molar-refractivity contribution in [2.75, 3.05) is 5.32 Å². The maximum atomic E-state index is 12.7. The second-order valence-electron chi connectivity index (χ2n) is 5.85. The summed E-state index contributed by atoms with van der Waals surface area (Å²) in [6.07, 6.45) is 1.49. The van der Waals surface area contributed by atoms with Gasteiger partial charge in [0.25, 0.3) is 5.91 Å². The highest BCUT2D eigenvalue weighted by molar-refractivity contribution is 6.30. The summed E-state index contributed by atoms with van der Waals surface area (Å²) in [5, 5.41) is 14.6. The van der Waals surface area contributed by atoms with E-state index in [0.29, 0.717) is 27.8 Å². The van der Waals surface area contributed by atoms with Gasteiger partial charge in [0.1, 0.15) is 17.8 Å². The Morgan fingerprint density at radius 1 is 1.15 bits per heavy atom.